The highest BCUT2D eigenvalue weighted by molar-refractivity contribution is 6.30. The fraction of sp³-hybridized carbons (Fsp3) is 0.214. The number of fused-ring (bicyclic) bond motifs is 1. The highest BCUT2D eigenvalue weighted by Gasteiger charge is 2.13. The molecule has 3 aromatic rings. The molecule has 0 amide bonds. The lowest BCUT2D eigenvalue weighted by atomic mass is 10.2. The van der Waals surface area contributed by atoms with Crippen molar-refractivity contribution in [2.24, 2.45) is 0 Å². The van der Waals surface area contributed by atoms with Gasteiger partial charge in [0.15, 0.2) is 0 Å². The summed E-state index contributed by atoms with van der Waals surface area (Å²) in [5.41, 5.74) is 2.93. The molecule has 2 heterocycles. The number of nitrogens with zero attached hydrogens (tertiary/aromatic N) is 4. The van der Waals surface area contributed by atoms with E-state index < -0.39 is 0 Å². The standard InChI is InChI=1S/C14H13ClN4/c1-2-5-10-13(15)16-8-17-14(10)19-9-18-11-6-3-4-7-12(11)19/h3-4,6-9H,2,5H2,1H3. The molecule has 0 radical (unpaired) electrons. The number of para-hydroxylation sites is 2. The zero-order valence-corrected chi connectivity index (χ0v) is 11.3. The van der Waals surface area contributed by atoms with Crippen LogP contribution in [0.5, 0.6) is 0 Å². The van der Waals surface area contributed by atoms with Crippen molar-refractivity contribution in [2.75, 3.05) is 0 Å². The van der Waals surface area contributed by atoms with Crippen molar-refractivity contribution in [2.45, 2.75) is 19.8 Å². The summed E-state index contributed by atoms with van der Waals surface area (Å²) in [5.74, 6) is 0.815. The Morgan fingerprint density at radius 3 is 2.84 bits per heavy atom. The Labute approximate surface area is 116 Å². The summed E-state index contributed by atoms with van der Waals surface area (Å²) in [6.45, 7) is 2.11. The van der Waals surface area contributed by atoms with Gasteiger partial charge in [-0.25, -0.2) is 15.0 Å². The Bertz CT molecular complexity index is 720. The molecular formula is C14H13ClN4. The average Bonchev–Trinajstić information content (AvgIpc) is 2.85. The number of halogens is 1. The second-order valence-corrected chi connectivity index (χ2v) is 4.68. The van der Waals surface area contributed by atoms with Gasteiger partial charge in [-0.2, -0.15) is 0 Å². The van der Waals surface area contributed by atoms with E-state index in [4.69, 9.17) is 11.6 Å². The Kier molecular flexibility index (Phi) is 3.17. The Morgan fingerprint density at radius 2 is 2.00 bits per heavy atom. The van der Waals surface area contributed by atoms with E-state index in [1.807, 2.05) is 28.8 Å². The Balaban J connectivity index is 2.24. The first-order chi connectivity index (χ1) is 9.31. The summed E-state index contributed by atoms with van der Waals surface area (Å²) in [6.07, 6.45) is 5.11. The van der Waals surface area contributed by atoms with Crippen molar-refractivity contribution in [3.8, 4) is 5.82 Å². The zero-order valence-electron chi connectivity index (χ0n) is 10.5. The van der Waals surface area contributed by atoms with Crippen LogP contribution in [-0.4, -0.2) is 19.5 Å². The lowest BCUT2D eigenvalue weighted by Crippen LogP contribution is -2.03. The van der Waals surface area contributed by atoms with Crippen LogP contribution in [0.3, 0.4) is 0 Å². The number of hydrogen-bond donors (Lipinski definition) is 0. The summed E-state index contributed by atoms with van der Waals surface area (Å²) in [6, 6.07) is 7.96. The lowest BCUT2D eigenvalue weighted by molar-refractivity contribution is 0.868. The quantitative estimate of drug-likeness (QED) is 0.686. The molecule has 0 saturated carbocycles. The van der Waals surface area contributed by atoms with Crippen LogP contribution in [0, 0.1) is 0 Å². The SMILES string of the molecule is CCCc1c(Cl)ncnc1-n1cnc2ccccc21. The summed E-state index contributed by atoms with van der Waals surface area (Å²) in [4.78, 5) is 12.8. The van der Waals surface area contributed by atoms with Crippen LogP contribution in [0.2, 0.25) is 5.15 Å². The largest absolute Gasteiger partial charge is 0.283 e. The van der Waals surface area contributed by atoms with Crippen LogP contribution in [-0.2, 0) is 6.42 Å². The van der Waals surface area contributed by atoms with Gasteiger partial charge in [-0.15, -0.1) is 0 Å². The maximum Gasteiger partial charge on any atom is 0.146 e. The summed E-state index contributed by atoms with van der Waals surface area (Å²) in [7, 11) is 0. The summed E-state index contributed by atoms with van der Waals surface area (Å²) < 4.78 is 1.97. The van der Waals surface area contributed by atoms with Gasteiger partial charge < -0.3 is 0 Å². The van der Waals surface area contributed by atoms with Gasteiger partial charge in [-0.05, 0) is 18.6 Å². The van der Waals surface area contributed by atoms with Gasteiger partial charge in [0.1, 0.15) is 23.6 Å². The number of imidazole rings is 1. The molecule has 3 rings (SSSR count). The third-order valence-electron chi connectivity index (χ3n) is 3.05. The molecule has 19 heavy (non-hydrogen) atoms. The minimum absolute atomic E-state index is 0.518. The van der Waals surface area contributed by atoms with E-state index in [1.54, 1.807) is 6.33 Å². The van der Waals surface area contributed by atoms with E-state index >= 15 is 0 Å². The van der Waals surface area contributed by atoms with Crippen molar-refractivity contribution < 1.29 is 0 Å². The molecule has 5 heteroatoms. The zero-order chi connectivity index (χ0) is 13.2. The molecule has 4 nitrogen and oxygen atoms in total. The highest BCUT2D eigenvalue weighted by Crippen LogP contribution is 2.24. The van der Waals surface area contributed by atoms with Crippen molar-refractivity contribution >= 4 is 22.6 Å². The van der Waals surface area contributed by atoms with E-state index in [2.05, 4.69) is 21.9 Å². The van der Waals surface area contributed by atoms with Crippen LogP contribution in [0.1, 0.15) is 18.9 Å². The fourth-order valence-corrected chi connectivity index (χ4v) is 2.41. The first-order valence-electron chi connectivity index (χ1n) is 6.23. The second-order valence-electron chi connectivity index (χ2n) is 4.32. The van der Waals surface area contributed by atoms with Gasteiger partial charge >= 0.3 is 0 Å². The third kappa shape index (κ3) is 2.08. The first kappa shape index (κ1) is 12.1. The van der Waals surface area contributed by atoms with E-state index in [9.17, 15) is 0 Å². The minimum atomic E-state index is 0.518. The van der Waals surface area contributed by atoms with Gasteiger partial charge in [0.2, 0.25) is 0 Å². The van der Waals surface area contributed by atoms with Crippen molar-refractivity contribution in [3.63, 3.8) is 0 Å². The molecule has 1 aromatic carbocycles. The monoisotopic (exact) mass is 272 g/mol. The van der Waals surface area contributed by atoms with Gasteiger partial charge in [0.25, 0.3) is 0 Å². The topological polar surface area (TPSA) is 43.6 Å². The van der Waals surface area contributed by atoms with E-state index in [1.165, 1.54) is 6.33 Å². The van der Waals surface area contributed by atoms with Crippen LogP contribution in [0.4, 0.5) is 0 Å². The lowest BCUT2D eigenvalue weighted by Gasteiger charge is -2.10. The molecule has 0 bridgehead atoms. The maximum atomic E-state index is 6.19. The highest BCUT2D eigenvalue weighted by atomic mass is 35.5. The average molecular weight is 273 g/mol. The molecule has 0 spiro atoms. The molecular weight excluding hydrogens is 260 g/mol. The maximum absolute atomic E-state index is 6.19. The van der Waals surface area contributed by atoms with Crippen LogP contribution >= 0.6 is 11.6 Å². The smallest absolute Gasteiger partial charge is 0.146 e. The second kappa shape index (κ2) is 4.97. The van der Waals surface area contributed by atoms with E-state index in [-0.39, 0.29) is 0 Å². The minimum Gasteiger partial charge on any atom is -0.283 e. The van der Waals surface area contributed by atoms with Crippen LogP contribution in [0.15, 0.2) is 36.9 Å². The van der Waals surface area contributed by atoms with Gasteiger partial charge in [-0.1, -0.05) is 37.1 Å². The molecule has 0 aliphatic rings. The molecule has 0 saturated heterocycles. The predicted molar refractivity (Wildman–Crippen MR) is 75.7 cm³/mol. The molecule has 0 aliphatic heterocycles. The predicted octanol–water partition coefficient (Wildman–Crippen LogP) is 3.42. The van der Waals surface area contributed by atoms with Crippen LogP contribution in [0.25, 0.3) is 16.9 Å². The molecule has 0 unspecified atom stereocenters. The Hall–Kier alpha value is -1.94. The third-order valence-corrected chi connectivity index (χ3v) is 3.38. The van der Waals surface area contributed by atoms with Crippen molar-refractivity contribution in [1.82, 2.24) is 19.5 Å². The van der Waals surface area contributed by atoms with Crippen LogP contribution < -0.4 is 0 Å². The Morgan fingerprint density at radius 1 is 1.16 bits per heavy atom. The van der Waals surface area contributed by atoms with Gasteiger partial charge in [-0.3, -0.25) is 4.57 Å². The van der Waals surface area contributed by atoms with Gasteiger partial charge in [0, 0.05) is 5.56 Å². The fourth-order valence-electron chi connectivity index (χ4n) is 2.18. The van der Waals surface area contributed by atoms with Crippen molar-refractivity contribution in [3.05, 3.63) is 47.6 Å². The summed E-state index contributed by atoms with van der Waals surface area (Å²) in [5, 5.41) is 0.518. The number of benzene rings is 1. The van der Waals surface area contributed by atoms with E-state index in [0.717, 1.165) is 35.3 Å². The molecule has 2 aromatic heterocycles. The molecule has 96 valence electrons. The molecule has 0 aliphatic carbocycles. The summed E-state index contributed by atoms with van der Waals surface area (Å²) >= 11 is 6.19. The molecule has 0 fully saturated rings. The van der Waals surface area contributed by atoms with Crippen molar-refractivity contribution in [1.29, 1.82) is 0 Å². The molecule has 0 N–H and O–H groups in total. The number of hydrogen-bond acceptors (Lipinski definition) is 3. The first-order valence-corrected chi connectivity index (χ1v) is 6.61. The molecule has 0 atom stereocenters. The van der Waals surface area contributed by atoms with E-state index in [0.29, 0.717) is 5.15 Å². The number of rotatable bonds is 3. The normalized spacial score (nSPS) is 11.1. The van der Waals surface area contributed by atoms with Gasteiger partial charge in [0.05, 0.1) is 11.0 Å². The number of aromatic nitrogens is 4.